The van der Waals surface area contributed by atoms with E-state index in [1.165, 1.54) is 0 Å². The van der Waals surface area contributed by atoms with Crippen LogP contribution in [0.4, 0.5) is 11.6 Å². The lowest BCUT2D eigenvalue weighted by Crippen LogP contribution is -2.26. The number of hydrogen-bond donors (Lipinski definition) is 1. The van der Waals surface area contributed by atoms with Gasteiger partial charge in [-0.3, -0.25) is 0 Å². The van der Waals surface area contributed by atoms with Crippen molar-refractivity contribution in [2.24, 2.45) is 5.92 Å². The lowest BCUT2D eigenvalue weighted by atomic mass is 9.95. The average Bonchev–Trinajstić information content (AvgIpc) is 2.27. The summed E-state index contributed by atoms with van der Waals surface area (Å²) in [5, 5.41) is 0. The quantitative estimate of drug-likeness (QED) is 0.907. The van der Waals surface area contributed by atoms with Gasteiger partial charge >= 0.3 is 0 Å². The molecule has 1 aromatic rings. The smallest absolute Gasteiger partial charge is 0.138 e. The minimum Gasteiger partial charge on any atom is -0.383 e. The van der Waals surface area contributed by atoms with E-state index in [1.807, 2.05) is 6.92 Å². The molecular formula is C15H28N4. The highest BCUT2D eigenvalue weighted by Gasteiger charge is 2.21. The summed E-state index contributed by atoms with van der Waals surface area (Å²) in [6.07, 6.45) is 1.14. The van der Waals surface area contributed by atoms with Crippen molar-refractivity contribution in [2.75, 3.05) is 24.2 Å². The zero-order valence-corrected chi connectivity index (χ0v) is 13.4. The number of anilines is 2. The lowest BCUT2D eigenvalue weighted by Gasteiger charge is -2.25. The molecule has 2 N–H and O–H groups in total. The highest BCUT2D eigenvalue weighted by atomic mass is 15.2. The molecule has 1 heterocycles. The van der Waals surface area contributed by atoms with Gasteiger partial charge in [-0.05, 0) is 19.3 Å². The van der Waals surface area contributed by atoms with Crippen LogP contribution in [0.5, 0.6) is 0 Å². The van der Waals surface area contributed by atoms with Gasteiger partial charge in [-0.2, -0.15) is 0 Å². The Morgan fingerprint density at radius 3 is 2.26 bits per heavy atom. The van der Waals surface area contributed by atoms with Gasteiger partial charge in [0.2, 0.25) is 0 Å². The van der Waals surface area contributed by atoms with Crippen LogP contribution >= 0.6 is 0 Å². The summed E-state index contributed by atoms with van der Waals surface area (Å²) in [6.45, 7) is 13.8. The van der Waals surface area contributed by atoms with Crippen molar-refractivity contribution < 1.29 is 0 Å². The van der Waals surface area contributed by atoms with E-state index < -0.39 is 0 Å². The van der Waals surface area contributed by atoms with Crippen molar-refractivity contribution in [1.82, 2.24) is 9.97 Å². The molecule has 4 nitrogen and oxygen atoms in total. The molecule has 0 aliphatic carbocycles. The molecule has 0 radical (unpaired) electrons. The fourth-order valence-electron chi connectivity index (χ4n) is 1.79. The fourth-order valence-corrected chi connectivity index (χ4v) is 1.79. The molecule has 0 atom stereocenters. The van der Waals surface area contributed by atoms with Gasteiger partial charge in [0, 0.05) is 24.6 Å². The normalized spacial score (nSPS) is 12.0. The number of nitrogens with two attached hydrogens (primary N) is 1. The molecule has 0 amide bonds. The zero-order valence-electron chi connectivity index (χ0n) is 13.4. The van der Waals surface area contributed by atoms with Crippen LogP contribution < -0.4 is 10.6 Å². The molecule has 0 fully saturated rings. The van der Waals surface area contributed by atoms with E-state index in [-0.39, 0.29) is 5.41 Å². The molecule has 0 aromatic carbocycles. The Hall–Kier alpha value is -1.32. The van der Waals surface area contributed by atoms with Crippen LogP contribution in [0.15, 0.2) is 0 Å². The molecule has 108 valence electrons. The molecule has 1 aromatic heterocycles. The maximum atomic E-state index is 6.03. The van der Waals surface area contributed by atoms with Crippen LogP contribution in [0, 0.1) is 12.8 Å². The van der Waals surface area contributed by atoms with Crippen LogP contribution in [0.1, 0.15) is 52.4 Å². The number of rotatable bonds is 4. The lowest BCUT2D eigenvalue weighted by molar-refractivity contribution is 0.542. The number of aromatic nitrogens is 2. The maximum absolute atomic E-state index is 6.03. The van der Waals surface area contributed by atoms with E-state index in [2.05, 4.69) is 51.6 Å². The molecule has 0 bridgehead atoms. The average molecular weight is 264 g/mol. The Balaban J connectivity index is 3.09. The molecule has 0 saturated heterocycles. The van der Waals surface area contributed by atoms with Crippen LogP contribution in [-0.4, -0.2) is 23.6 Å². The molecule has 4 heteroatoms. The molecule has 0 saturated carbocycles. The van der Waals surface area contributed by atoms with E-state index >= 15 is 0 Å². The molecule has 0 aliphatic heterocycles. The first kappa shape index (κ1) is 15.7. The third kappa shape index (κ3) is 4.08. The number of hydrogen-bond acceptors (Lipinski definition) is 4. The maximum Gasteiger partial charge on any atom is 0.138 e. The van der Waals surface area contributed by atoms with Crippen molar-refractivity contribution >= 4 is 11.6 Å². The summed E-state index contributed by atoms with van der Waals surface area (Å²) in [5.41, 5.74) is 6.92. The predicted molar refractivity (Wildman–Crippen MR) is 82.6 cm³/mol. The minimum atomic E-state index is -0.0878. The topological polar surface area (TPSA) is 55.0 Å². The van der Waals surface area contributed by atoms with E-state index in [9.17, 15) is 0 Å². The van der Waals surface area contributed by atoms with Gasteiger partial charge < -0.3 is 10.6 Å². The first-order chi connectivity index (χ1) is 8.62. The molecular weight excluding hydrogens is 236 g/mol. The van der Waals surface area contributed by atoms with Crippen LogP contribution in [0.25, 0.3) is 0 Å². The monoisotopic (exact) mass is 264 g/mol. The van der Waals surface area contributed by atoms with Gasteiger partial charge in [0.25, 0.3) is 0 Å². The van der Waals surface area contributed by atoms with Crippen molar-refractivity contribution in [3.8, 4) is 0 Å². The second-order valence-corrected chi connectivity index (χ2v) is 6.74. The van der Waals surface area contributed by atoms with Crippen LogP contribution in [0.3, 0.4) is 0 Å². The highest BCUT2D eigenvalue weighted by molar-refractivity contribution is 5.56. The van der Waals surface area contributed by atoms with Gasteiger partial charge in [-0.25, -0.2) is 9.97 Å². The summed E-state index contributed by atoms with van der Waals surface area (Å²) >= 11 is 0. The van der Waals surface area contributed by atoms with Crippen molar-refractivity contribution in [2.45, 2.75) is 53.4 Å². The standard InChI is InChI=1S/C15H28N4/c1-10(2)8-9-19(7)13-11(3)12(16)17-14(18-13)15(4,5)6/h10H,8-9H2,1-7H3,(H2,16,17,18). The summed E-state index contributed by atoms with van der Waals surface area (Å²) < 4.78 is 0. The van der Waals surface area contributed by atoms with E-state index in [0.29, 0.717) is 11.7 Å². The molecule has 19 heavy (non-hydrogen) atoms. The highest BCUT2D eigenvalue weighted by Crippen LogP contribution is 2.26. The summed E-state index contributed by atoms with van der Waals surface area (Å²) in [5.74, 6) is 3.04. The first-order valence-corrected chi connectivity index (χ1v) is 6.98. The third-order valence-corrected chi connectivity index (χ3v) is 3.23. The zero-order chi connectivity index (χ0) is 14.8. The van der Waals surface area contributed by atoms with E-state index in [1.54, 1.807) is 0 Å². The Bertz CT molecular complexity index is 433. The van der Waals surface area contributed by atoms with Gasteiger partial charge in [0.05, 0.1) is 0 Å². The Morgan fingerprint density at radius 2 is 1.79 bits per heavy atom. The summed E-state index contributed by atoms with van der Waals surface area (Å²) in [4.78, 5) is 11.3. The third-order valence-electron chi connectivity index (χ3n) is 3.23. The Kier molecular flexibility index (Phi) is 4.77. The second-order valence-electron chi connectivity index (χ2n) is 6.74. The van der Waals surface area contributed by atoms with Crippen LogP contribution in [0.2, 0.25) is 0 Å². The van der Waals surface area contributed by atoms with Crippen molar-refractivity contribution in [3.05, 3.63) is 11.4 Å². The number of nitrogens with zero attached hydrogens (tertiary/aromatic N) is 3. The van der Waals surface area contributed by atoms with Gasteiger partial charge in [-0.1, -0.05) is 34.6 Å². The van der Waals surface area contributed by atoms with Crippen molar-refractivity contribution in [1.29, 1.82) is 0 Å². The van der Waals surface area contributed by atoms with Crippen molar-refractivity contribution in [3.63, 3.8) is 0 Å². The molecule has 0 aliphatic rings. The van der Waals surface area contributed by atoms with Crippen LogP contribution in [-0.2, 0) is 5.41 Å². The van der Waals surface area contributed by atoms with Gasteiger partial charge in [-0.15, -0.1) is 0 Å². The van der Waals surface area contributed by atoms with Gasteiger partial charge in [0.15, 0.2) is 0 Å². The van der Waals surface area contributed by atoms with E-state index in [0.717, 1.165) is 30.2 Å². The van der Waals surface area contributed by atoms with E-state index in [4.69, 9.17) is 10.7 Å². The minimum absolute atomic E-state index is 0.0878. The predicted octanol–water partition coefficient (Wildman–Crippen LogP) is 3.15. The largest absolute Gasteiger partial charge is 0.383 e. The molecule has 1 rings (SSSR count). The second kappa shape index (κ2) is 5.76. The Morgan fingerprint density at radius 1 is 1.21 bits per heavy atom. The fraction of sp³-hybridized carbons (Fsp3) is 0.733. The molecule has 0 unspecified atom stereocenters. The SMILES string of the molecule is Cc1c(N)nc(C(C)(C)C)nc1N(C)CCC(C)C. The first-order valence-electron chi connectivity index (χ1n) is 6.98. The number of nitrogen functional groups attached to an aromatic ring is 1. The summed E-state index contributed by atoms with van der Waals surface area (Å²) in [6, 6.07) is 0. The molecule has 0 spiro atoms. The summed E-state index contributed by atoms with van der Waals surface area (Å²) in [7, 11) is 2.07. The Labute approximate surface area is 117 Å². The van der Waals surface area contributed by atoms with Gasteiger partial charge in [0.1, 0.15) is 17.5 Å².